The van der Waals surface area contributed by atoms with Crippen molar-refractivity contribution in [3.63, 3.8) is 0 Å². The fourth-order valence-corrected chi connectivity index (χ4v) is 0.489. The summed E-state index contributed by atoms with van der Waals surface area (Å²) in [5.41, 5.74) is 0. The molecule has 0 N–H and O–H groups in total. The molecule has 0 unspecified atom stereocenters. The Morgan fingerprint density at radius 2 is 2.38 bits per heavy atom. The van der Waals surface area contributed by atoms with Gasteiger partial charge in [0.1, 0.15) is 0 Å². The van der Waals surface area contributed by atoms with Crippen molar-refractivity contribution in [1.82, 2.24) is 0 Å². The number of halogens is 1. The van der Waals surface area contributed by atoms with Crippen LogP contribution in [0.25, 0.3) is 0 Å². The molecule has 0 spiro atoms. The highest BCUT2D eigenvalue weighted by Gasteiger charge is 1.84. The van der Waals surface area contributed by atoms with Crippen molar-refractivity contribution in [3.05, 3.63) is 11.1 Å². The summed E-state index contributed by atoms with van der Waals surface area (Å²) in [5.74, 6) is 0. The maximum absolute atomic E-state index is 5.10. The SMILES string of the molecule is C=C(Br)COCCC. The number of hydrogen-bond acceptors (Lipinski definition) is 1. The van der Waals surface area contributed by atoms with E-state index < -0.39 is 0 Å². The summed E-state index contributed by atoms with van der Waals surface area (Å²) in [4.78, 5) is 0. The molecule has 0 aliphatic rings. The minimum Gasteiger partial charge on any atom is -0.376 e. The second-order valence-electron chi connectivity index (χ2n) is 1.57. The fraction of sp³-hybridized carbons (Fsp3) is 0.667. The van der Waals surface area contributed by atoms with Gasteiger partial charge in [-0.1, -0.05) is 29.4 Å². The summed E-state index contributed by atoms with van der Waals surface area (Å²) in [7, 11) is 0. The van der Waals surface area contributed by atoms with Gasteiger partial charge in [0.05, 0.1) is 6.61 Å². The van der Waals surface area contributed by atoms with Crippen LogP contribution in [0.15, 0.2) is 11.1 Å². The van der Waals surface area contributed by atoms with Gasteiger partial charge in [0.25, 0.3) is 0 Å². The third kappa shape index (κ3) is 6.18. The molecule has 0 aliphatic carbocycles. The Morgan fingerprint density at radius 3 is 2.75 bits per heavy atom. The molecular weight excluding hydrogens is 168 g/mol. The van der Waals surface area contributed by atoms with Crippen LogP contribution in [0.2, 0.25) is 0 Å². The maximum atomic E-state index is 5.10. The van der Waals surface area contributed by atoms with E-state index in [1.807, 2.05) is 0 Å². The van der Waals surface area contributed by atoms with Gasteiger partial charge >= 0.3 is 0 Å². The van der Waals surface area contributed by atoms with E-state index in [4.69, 9.17) is 4.74 Å². The van der Waals surface area contributed by atoms with Crippen LogP contribution in [0, 0.1) is 0 Å². The summed E-state index contributed by atoms with van der Waals surface area (Å²) >= 11 is 3.19. The zero-order valence-electron chi connectivity index (χ0n) is 5.11. The summed E-state index contributed by atoms with van der Waals surface area (Å²) < 4.78 is 6.01. The lowest BCUT2D eigenvalue weighted by Gasteiger charge is -1.97. The summed E-state index contributed by atoms with van der Waals surface area (Å²) in [6.07, 6.45) is 1.07. The third-order valence-corrected chi connectivity index (χ3v) is 0.836. The predicted molar refractivity (Wildman–Crippen MR) is 39.2 cm³/mol. The van der Waals surface area contributed by atoms with Crippen LogP contribution in [0.4, 0.5) is 0 Å². The van der Waals surface area contributed by atoms with Gasteiger partial charge < -0.3 is 4.74 Å². The van der Waals surface area contributed by atoms with Crippen LogP contribution >= 0.6 is 15.9 Å². The zero-order chi connectivity index (χ0) is 6.41. The summed E-state index contributed by atoms with van der Waals surface area (Å²) in [6, 6.07) is 0. The molecule has 0 fully saturated rings. The van der Waals surface area contributed by atoms with Crippen molar-refractivity contribution in [3.8, 4) is 0 Å². The first kappa shape index (κ1) is 8.18. The molecule has 0 atom stereocenters. The lowest BCUT2D eigenvalue weighted by molar-refractivity contribution is 0.162. The van der Waals surface area contributed by atoms with E-state index in [1.54, 1.807) is 0 Å². The van der Waals surface area contributed by atoms with E-state index >= 15 is 0 Å². The maximum Gasteiger partial charge on any atom is 0.0775 e. The lowest BCUT2D eigenvalue weighted by atomic mass is 10.5. The molecule has 0 heterocycles. The second kappa shape index (κ2) is 5.32. The fourth-order valence-electron chi connectivity index (χ4n) is 0.327. The summed E-state index contributed by atoms with van der Waals surface area (Å²) in [6.45, 7) is 7.16. The van der Waals surface area contributed by atoms with Crippen molar-refractivity contribution >= 4 is 15.9 Å². The number of hydrogen-bond donors (Lipinski definition) is 0. The Hall–Kier alpha value is 0.180. The van der Waals surface area contributed by atoms with Gasteiger partial charge in [-0.2, -0.15) is 0 Å². The molecule has 0 amide bonds. The van der Waals surface area contributed by atoms with Crippen molar-refractivity contribution in [1.29, 1.82) is 0 Å². The van der Waals surface area contributed by atoms with Crippen molar-refractivity contribution in [2.24, 2.45) is 0 Å². The Balaban J connectivity index is 2.82. The van der Waals surface area contributed by atoms with E-state index in [9.17, 15) is 0 Å². The van der Waals surface area contributed by atoms with Gasteiger partial charge in [-0.25, -0.2) is 0 Å². The Bertz CT molecular complexity index is 70.9. The van der Waals surface area contributed by atoms with Crippen LogP contribution in [0.1, 0.15) is 13.3 Å². The molecule has 0 aliphatic heterocycles. The van der Waals surface area contributed by atoms with E-state index in [1.165, 1.54) is 0 Å². The highest BCUT2D eigenvalue weighted by atomic mass is 79.9. The number of rotatable bonds is 4. The molecule has 0 saturated heterocycles. The van der Waals surface area contributed by atoms with Crippen molar-refractivity contribution in [2.45, 2.75) is 13.3 Å². The van der Waals surface area contributed by atoms with Gasteiger partial charge in [-0.05, 0) is 6.42 Å². The molecule has 0 aromatic heterocycles. The van der Waals surface area contributed by atoms with Gasteiger partial charge in [-0.3, -0.25) is 0 Å². The minimum absolute atomic E-state index is 0.633. The Kier molecular flexibility index (Phi) is 5.44. The van der Waals surface area contributed by atoms with E-state index in [0.29, 0.717) is 6.61 Å². The van der Waals surface area contributed by atoms with Crippen LogP contribution in [-0.4, -0.2) is 13.2 Å². The van der Waals surface area contributed by atoms with Crippen LogP contribution in [-0.2, 0) is 4.74 Å². The molecule has 2 heteroatoms. The topological polar surface area (TPSA) is 9.23 Å². The lowest BCUT2D eigenvalue weighted by Crippen LogP contribution is -1.93. The first-order chi connectivity index (χ1) is 3.77. The molecule has 0 saturated carbocycles. The van der Waals surface area contributed by atoms with Gasteiger partial charge in [0, 0.05) is 11.1 Å². The molecule has 8 heavy (non-hydrogen) atoms. The molecule has 1 nitrogen and oxygen atoms in total. The molecule has 0 bridgehead atoms. The largest absolute Gasteiger partial charge is 0.376 e. The predicted octanol–water partition coefficient (Wildman–Crippen LogP) is 2.32. The molecular formula is C6H11BrO. The molecule has 48 valence electrons. The zero-order valence-corrected chi connectivity index (χ0v) is 6.70. The van der Waals surface area contributed by atoms with Gasteiger partial charge in [0.15, 0.2) is 0 Å². The first-order valence-electron chi connectivity index (χ1n) is 2.68. The van der Waals surface area contributed by atoms with Crippen molar-refractivity contribution in [2.75, 3.05) is 13.2 Å². The molecule has 0 aromatic carbocycles. The van der Waals surface area contributed by atoms with E-state index in [-0.39, 0.29) is 0 Å². The Morgan fingerprint density at radius 1 is 1.75 bits per heavy atom. The summed E-state index contributed by atoms with van der Waals surface area (Å²) in [5, 5.41) is 0. The first-order valence-corrected chi connectivity index (χ1v) is 3.47. The Labute approximate surface area is 58.9 Å². The van der Waals surface area contributed by atoms with Gasteiger partial charge in [0.2, 0.25) is 0 Å². The van der Waals surface area contributed by atoms with Crippen LogP contribution in [0.3, 0.4) is 0 Å². The monoisotopic (exact) mass is 178 g/mol. The smallest absolute Gasteiger partial charge is 0.0775 e. The average Bonchev–Trinajstić information content (AvgIpc) is 1.66. The molecule has 0 radical (unpaired) electrons. The highest BCUT2D eigenvalue weighted by molar-refractivity contribution is 9.11. The number of ether oxygens (including phenoxy) is 1. The van der Waals surface area contributed by atoms with E-state index in [0.717, 1.165) is 17.5 Å². The van der Waals surface area contributed by atoms with Crippen molar-refractivity contribution < 1.29 is 4.74 Å². The van der Waals surface area contributed by atoms with E-state index in [2.05, 4.69) is 29.4 Å². The highest BCUT2D eigenvalue weighted by Crippen LogP contribution is 1.99. The molecule has 0 aromatic rings. The van der Waals surface area contributed by atoms with Crippen LogP contribution < -0.4 is 0 Å². The third-order valence-electron chi connectivity index (χ3n) is 0.607. The standard InChI is InChI=1S/C6H11BrO/c1-3-4-8-5-6(2)7/h2-5H2,1H3. The normalized spacial score (nSPS) is 9.25. The quantitative estimate of drug-likeness (QED) is 0.601. The van der Waals surface area contributed by atoms with Crippen LogP contribution in [0.5, 0.6) is 0 Å². The minimum atomic E-state index is 0.633. The second-order valence-corrected chi connectivity index (χ2v) is 2.69. The van der Waals surface area contributed by atoms with Gasteiger partial charge in [-0.15, -0.1) is 0 Å². The molecule has 0 rings (SSSR count). The average molecular weight is 179 g/mol.